The van der Waals surface area contributed by atoms with Gasteiger partial charge in [0.15, 0.2) is 0 Å². The Kier molecular flexibility index (Phi) is 3.83. The molecule has 0 bridgehead atoms. The highest BCUT2D eigenvalue weighted by Gasteiger charge is 2.08. The highest BCUT2D eigenvalue weighted by molar-refractivity contribution is 6.72. The Balaban J connectivity index is 0.000000131. The third-order valence-electron chi connectivity index (χ3n) is 3.40. The van der Waals surface area contributed by atoms with E-state index in [1.54, 1.807) is 0 Å². The number of hydrogen-bond acceptors (Lipinski definition) is 2. The van der Waals surface area contributed by atoms with E-state index >= 15 is 0 Å². The molecule has 0 unspecified atom stereocenters. The maximum absolute atomic E-state index is 4.33. The zero-order valence-corrected chi connectivity index (χ0v) is 13.3. The van der Waals surface area contributed by atoms with Gasteiger partial charge in [0.05, 0.1) is 26.0 Å². The average molecular weight is 294 g/mol. The first-order valence-electron chi connectivity index (χ1n) is 7.07. The fraction of sp³-hybridized carbons (Fsp3) is 0.125. The summed E-state index contributed by atoms with van der Waals surface area (Å²) in [6, 6.07) is 16.3. The molecule has 2 heterocycles. The summed E-state index contributed by atoms with van der Waals surface area (Å²) in [7, 11) is -0.773. The molecular formula is C16H18N4Si. The average Bonchev–Trinajstić information content (AvgIpc) is 3.14. The first-order valence-corrected chi connectivity index (χ1v) is 9.95. The molecule has 21 heavy (non-hydrogen) atoms. The summed E-state index contributed by atoms with van der Waals surface area (Å²) in [6.45, 7) is 4.59. The summed E-state index contributed by atoms with van der Waals surface area (Å²) in [6.07, 6.45) is 1.81. The van der Waals surface area contributed by atoms with Crippen LogP contribution in [0.2, 0.25) is 13.1 Å². The van der Waals surface area contributed by atoms with Crippen molar-refractivity contribution < 1.29 is 0 Å². The predicted octanol–water partition coefficient (Wildman–Crippen LogP) is 2.82. The summed E-state index contributed by atoms with van der Waals surface area (Å²) in [5, 5.41) is 17.9. The minimum atomic E-state index is -0.773. The van der Waals surface area contributed by atoms with Crippen LogP contribution in [0.4, 0.5) is 0 Å². The third kappa shape index (κ3) is 2.87. The van der Waals surface area contributed by atoms with E-state index in [4.69, 9.17) is 0 Å². The molecule has 4 rings (SSSR count). The largest absolute Gasteiger partial charge is 0.278 e. The third-order valence-corrected chi connectivity index (χ3v) is 4.93. The van der Waals surface area contributed by atoms with Crippen molar-refractivity contribution in [1.82, 2.24) is 20.4 Å². The highest BCUT2D eigenvalue weighted by atomic mass is 28.3. The van der Waals surface area contributed by atoms with Gasteiger partial charge in [-0.25, -0.2) is 0 Å². The van der Waals surface area contributed by atoms with Gasteiger partial charge in [0, 0.05) is 16.1 Å². The van der Waals surface area contributed by atoms with E-state index in [2.05, 4.69) is 51.7 Å². The molecule has 106 valence electrons. The van der Waals surface area contributed by atoms with Crippen molar-refractivity contribution in [3.05, 3.63) is 54.7 Å². The van der Waals surface area contributed by atoms with Gasteiger partial charge >= 0.3 is 0 Å². The van der Waals surface area contributed by atoms with Crippen molar-refractivity contribution >= 4 is 35.9 Å². The van der Waals surface area contributed by atoms with Crippen LogP contribution in [-0.4, -0.2) is 29.2 Å². The summed E-state index contributed by atoms with van der Waals surface area (Å²) in [5.74, 6) is 0. The number of aromatic amines is 2. The molecule has 0 saturated carbocycles. The topological polar surface area (TPSA) is 57.4 Å². The van der Waals surface area contributed by atoms with Gasteiger partial charge < -0.3 is 0 Å². The normalized spacial score (nSPS) is 10.8. The Morgan fingerprint density at radius 1 is 0.857 bits per heavy atom. The molecule has 0 aliphatic heterocycles. The second-order valence-electron chi connectivity index (χ2n) is 5.27. The van der Waals surface area contributed by atoms with Crippen LogP contribution in [0.25, 0.3) is 21.8 Å². The molecule has 0 aliphatic rings. The number of rotatable bonds is 1. The SMILES string of the molecule is C[SiH](C)c1n[nH]c2ccccc12.c1ccc2[nH]ncc2c1. The molecule has 4 nitrogen and oxygen atoms in total. The van der Waals surface area contributed by atoms with Crippen LogP contribution in [0.5, 0.6) is 0 Å². The summed E-state index contributed by atoms with van der Waals surface area (Å²) < 4.78 is 0. The van der Waals surface area contributed by atoms with Crippen LogP contribution in [-0.2, 0) is 0 Å². The first kappa shape index (κ1) is 13.6. The zero-order valence-electron chi connectivity index (χ0n) is 12.2. The quantitative estimate of drug-likeness (QED) is 0.530. The van der Waals surface area contributed by atoms with Gasteiger partial charge in [-0.15, -0.1) is 0 Å². The van der Waals surface area contributed by atoms with Crippen LogP contribution in [0.15, 0.2) is 54.7 Å². The van der Waals surface area contributed by atoms with Crippen molar-refractivity contribution in [3.8, 4) is 0 Å². The van der Waals surface area contributed by atoms with E-state index in [0.717, 1.165) is 16.4 Å². The van der Waals surface area contributed by atoms with Crippen molar-refractivity contribution in [1.29, 1.82) is 0 Å². The summed E-state index contributed by atoms with van der Waals surface area (Å²) >= 11 is 0. The highest BCUT2D eigenvalue weighted by Crippen LogP contribution is 2.08. The Morgan fingerprint density at radius 3 is 2.33 bits per heavy atom. The Bertz CT molecular complexity index is 817. The fourth-order valence-electron chi connectivity index (χ4n) is 2.31. The molecule has 2 aromatic carbocycles. The van der Waals surface area contributed by atoms with Gasteiger partial charge in [-0.1, -0.05) is 49.5 Å². The van der Waals surface area contributed by atoms with Crippen molar-refractivity contribution in [2.75, 3.05) is 0 Å². The molecule has 0 spiro atoms. The van der Waals surface area contributed by atoms with E-state index in [9.17, 15) is 0 Å². The van der Waals surface area contributed by atoms with Gasteiger partial charge in [-0.3, -0.25) is 10.2 Å². The lowest BCUT2D eigenvalue weighted by atomic mass is 10.3. The van der Waals surface area contributed by atoms with Crippen LogP contribution < -0.4 is 5.32 Å². The molecule has 0 amide bonds. The lowest BCUT2D eigenvalue weighted by Gasteiger charge is -1.96. The van der Waals surface area contributed by atoms with Crippen molar-refractivity contribution in [3.63, 3.8) is 0 Å². The molecule has 4 aromatic rings. The molecule has 0 aliphatic carbocycles. The summed E-state index contributed by atoms with van der Waals surface area (Å²) in [4.78, 5) is 0. The lowest BCUT2D eigenvalue weighted by molar-refractivity contribution is 1.12. The number of hydrogen-bond donors (Lipinski definition) is 2. The number of fused-ring (bicyclic) bond motifs is 2. The second-order valence-corrected chi connectivity index (χ2v) is 8.12. The van der Waals surface area contributed by atoms with Crippen LogP contribution in [0, 0.1) is 0 Å². The second kappa shape index (κ2) is 5.93. The van der Waals surface area contributed by atoms with Gasteiger partial charge in [0.2, 0.25) is 0 Å². The van der Waals surface area contributed by atoms with Crippen LogP contribution in [0.1, 0.15) is 0 Å². The minimum absolute atomic E-state index is 0.773. The maximum atomic E-state index is 4.33. The lowest BCUT2D eigenvalue weighted by Crippen LogP contribution is -2.24. The van der Waals surface area contributed by atoms with Crippen LogP contribution in [0.3, 0.4) is 0 Å². The molecule has 0 saturated heterocycles. The van der Waals surface area contributed by atoms with Gasteiger partial charge in [0.1, 0.15) is 0 Å². The van der Waals surface area contributed by atoms with Gasteiger partial charge in [-0.05, 0) is 12.1 Å². The maximum Gasteiger partial charge on any atom is 0.0917 e. The first-order chi connectivity index (χ1) is 10.3. The molecular weight excluding hydrogens is 276 g/mol. The Hall–Kier alpha value is -2.40. The number of benzene rings is 2. The molecule has 2 aromatic heterocycles. The van der Waals surface area contributed by atoms with E-state index in [-0.39, 0.29) is 0 Å². The van der Waals surface area contributed by atoms with E-state index in [1.165, 1.54) is 10.7 Å². The van der Waals surface area contributed by atoms with Crippen molar-refractivity contribution in [2.45, 2.75) is 13.1 Å². The predicted molar refractivity (Wildman–Crippen MR) is 90.7 cm³/mol. The number of H-pyrrole nitrogens is 2. The van der Waals surface area contributed by atoms with E-state index in [1.807, 2.05) is 36.5 Å². The smallest absolute Gasteiger partial charge is 0.0917 e. The number of aromatic nitrogens is 4. The number of nitrogens with one attached hydrogen (secondary N) is 2. The summed E-state index contributed by atoms with van der Waals surface area (Å²) in [5.41, 5.74) is 2.26. The zero-order chi connectivity index (χ0) is 14.7. The fourth-order valence-corrected chi connectivity index (χ4v) is 3.50. The van der Waals surface area contributed by atoms with E-state index < -0.39 is 8.80 Å². The Labute approximate surface area is 124 Å². The van der Waals surface area contributed by atoms with Crippen LogP contribution >= 0.6 is 0 Å². The number of para-hydroxylation sites is 2. The van der Waals surface area contributed by atoms with Crippen molar-refractivity contribution in [2.24, 2.45) is 0 Å². The van der Waals surface area contributed by atoms with E-state index in [0.29, 0.717) is 0 Å². The molecule has 5 heteroatoms. The molecule has 0 radical (unpaired) electrons. The van der Waals surface area contributed by atoms with Gasteiger partial charge in [-0.2, -0.15) is 10.2 Å². The number of nitrogens with zero attached hydrogens (tertiary/aromatic N) is 2. The Morgan fingerprint density at radius 2 is 1.57 bits per heavy atom. The minimum Gasteiger partial charge on any atom is -0.278 e. The van der Waals surface area contributed by atoms with Gasteiger partial charge in [0.25, 0.3) is 0 Å². The molecule has 2 N–H and O–H groups in total. The monoisotopic (exact) mass is 294 g/mol. The molecule has 0 fully saturated rings. The molecule has 0 atom stereocenters. The standard InChI is InChI=1S/C9H12N2Si.C7H6N2/c1-12(2)9-7-5-3-4-6-8(7)10-11-9;1-2-4-7-6(3-1)5-8-9-7/h3-6,12H,1-2H3,(H,10,11);1-5H,(H,8,9).